The fourth-order valence-corrected chi connectivity index (χ4v) is 3.47. The Bertz CT molecular complexity index is 308. The van der Waals surface area contributed by atoms with Gasteiger partial charge in [0.2, 0.25) is 0 Å². The fourth-order valence-electron chi connectivity index (χ4n) is 2.28. The van der Waals surface area contributed by atoms with E-state index < -0.39 is 15.9 Å². The summed E-state index contributed by atoms with van der Waals surface area (Å²) in [5.74, 6) is 0.122. The smallest absolute Gasteiger partial charge is 0.150 e. The normalized spacial score (nSPS) is 29.7. The van der Waals surface area contributed by atoms with Gasteiger partial charge in [0.05, 0.1) is 11.4 Å². The first-order valence-electron chi connectivity index (χ1n) is 5.43. The highest BCUT2D eigenvalue weighted by molar-refractivity contribution is 7.91. The van der Waals surface area contributed by atoms with Crippen LogP contribution in [0.25, 0.3) is 0 Å². The summed E-state index contributed by atoms with van der Waals surface area (Å²) >= 11 is 0. The first-order chi connectivity index (χ1) is 6.95. The van der Waals surface area contributed by atoms with Crippen molar-refractivity contribution < 1.29 is 13.5 Å². The molecule has 88 valence electrons. The molecule has 0 amide bonds. The molecule has 1 fully saturated rings. The van der Waals surface area contributed by atoms with Gasteiger partial charge in [0, 0.05) is 6.26 Å². The quantitative estimate of drug-likeness (QED) is 0.748. The van der Waals surface area contributed by atoms with Crippen molar-refractivity contribution in [1.82, 2.24) is 0 Å². The minimum Gasteiger partial charge on any atom is -0.393 e. The van der Waals surface area contributed by atoms with Gasteiger partial charge in [-0.1, -0.05) is 12.5 Å². The zero-order chi connectivity index (χ0) is 11.5. The summed E-state index contributed by atoms with van der Waals surface area (Å²) in [6, 6.07) is 0. The molecule has 1 aliphatic rings. The van der Waals surface area contributed by atoms with Gasteiger partial charge in [-0.25, -0.2) is 8.42 Å². The monoisotopic (exact) mass is 232 g/mol. The predicted molar refractivity (Wildman–Crippen MR) is 61.4 cm³/mol. The molecule has 0 heterocycles. The molecule has 1 saturated carbocycles. The van der Waals surface area contributed by atoms with Crippen LogP contribution >= 0.6 is 0 Å². The molecule has 3 unspecified atom stereocenters. The molecule has 1 aliphatic carbocycles. The Labute approximate surface area is 92.1 Å². The molecular weight excluding hydrogens is 212 g/mol. The SMILES string of the molecule is C=CCC(O)C1CCCC(S(C)(=O)=O)C1. The van der Waals surface area contributed by atoms with Gasteiger partial charge in [0.25, 0.3) is 0 Å². The second kappa shape index (κ2) is 5.12. The van der Waals surface area contributed by atoms with Gasteiger partial charge >= 0.3 is 0 Å². The number of hydrogen-bond acceptors (Lipinski definition) is 3. The Morgan fingerprint density at radius 1 is 1.53 bits per heavy atom. The van der Waals surface area contributed by atoms with Crippen molar-refractivity contribution in [2.24, 2.45) is 5.92 Å². The molecule has 0 aromatic heterocycles. The van der Waals surface area contributed by atoms with E-state index in [1.54, 1.807) is 6.08 Å². The lowest BCUT2D eigenvalue weighted by molar-refractivity contribution is 0.0883. The van der Waals surface area contributed by atoms with Gasteiger partial charge in [-0.05, 0) is 31.6 Å². The van der Waals surface area contributed by atoms with Crippen molar-refractivity contribution in [3.8, 4) is 0 Å². The zero-order valence-electron chi connectivity index (χ0n) is 9.22. The van der Waals surface area contributed by atoms with Crippen LogP contribution in [0.15, 0.2) is 12.7 Å². The summed E-state index contributed by atoms with van der Waals surface area (Å²) < 4.78 is 22.8. The lowest BCUT2D eigenvalue weighted by atomic mass is 9.84. The molecule has 0 spiro atoms. The van der Waals surface area contributed by atoms with Crippen LogP contribution in [-0.4, -0.2) is 31.1 Å². The molecule has 0 bridgehead atoms. The maximum absolute atomic E-state index is 11.4. The highest BCUT2D eigenvalue weighted by Gasteiger charge is 2.31. The summed E-state index contributed by atoms with van der Waals surface area (Å²) in [6.45, 7) is 3.59. The average molecular weight is 232 g/mol. The molecule has 15 heavy (non-hydrogen) atoms. The molecule has 1 N–H and O–H groups in total. The molecule has 3 atom stereocenters. The second-order valence-corrected chi connectivity index (χ2v) is 6.80. The molecule has 0 aliphatic heterocycles. The average Bonchev–Trinajstić information content (AvgIpc) is 2.17. The number of aliphatic hydroxyl groups is 1. The summed E-state index contributed by atoms with van der Waals surface area (Å²) in [4.78, 5) is 0. The number of rotatable bonds is 4. The zero-order valence-corrected chi connectivity index (χ0v) is 10.0. The molecule has 1 rings (SSSR count). The molecule has 4 heteroatoms. The van der Waals surface area contributed by atoms with Crippen LogP contribution in [0.4, 0.5) is 0 Å². The number of aliphatic hydroxyl groups excluding tert-OH is 1. The van der Waals surface area contributed by atoms with Crippen LogP contribution in [0.2, 0.25) is 0 Å². The summed E-state index contributed by atoms with van der Waals surface area (Å²) in [7, 11) is -2.94. The maximum Gasteiger partial charge on any atom is 0.150 e. The number of hydrogen-bond donors (Lipinski definition) is 1. The van der Waals surface area contributed by atoms with E-state index in [1.165, 1.54) is 6.26 Å². The van der Waals surface area contributed by atoms with Crippen molar-refractivity contribution in [2.45, 2.75) is 43.5 Å². The van der Waals surface area contributed by atoms with Gasteiger partial charge in [-0.3, -0.25) is 0 Å². The third kappa shape index (κ3) is 3.61. The molecule has 0 saturated heterocycles. The lowest BCUT2D eigenvalue weighted by Gasteiger charge is -2.30. The Hall–Kier alpha value is -0.350. The van der Waals surface area contributed by atoms with Crippen LogP contribution in [0.3, 0.4) is 0 Å². The van der Waals surface area contributed by atoms with E-state index in [2.05, 4.69) is 6.58 Å². The van der Waals surface area contributed by atoms with Gasteiger partial charge in [0.15, 0.2) is 0 Å². The second-order valence-electron chi connectivity index (χ2n) is 4.47. The van der Waals surface area contributed by atoms with Crippen molar-refractivity contribution in [3.05, 3.63) is 12.7 Å². The third-order valence-corrected chi connectivity index (χ3v) is 4.86. The minimum atomic E-state index is -2.94. The van der Waals surface area contributed by atoms with Gasteiger partial charge < -0.3 is 5.11 Å². The Kier molecular flexibility index (Phi) is 4.34. The van der Waals surface area contributed by atoms with Gasteiger partial charge in [-0.2, -0.15) is 0 Å². The molecular formula is C11H20O3S. The van der Waals surface area contributed by atoms with Crippen LogP contribution in [0, 0.1) is 5.92 Å². The van der Waals surface area contributed by atoms with Crippen LogP contribution in [0.5, 0.6) is 0 Å². The van der Waals surface area contributed by atoms with E-state index in [0.717, 1.165) is 19.3 Å². The van der Waals surface area contributed by atoms with Gasteiger partial charge in [0.1, 0.15) is 9.84 Å². The van der Waals surface area contributed by atoms with E-state index in [9.17, 15) is 13.5 Å². The summed E-state index contributed by atoms with van der Waals surface area (Å²) in [6.07, 6.45) is 6.30. The minimum absolute atomic E-state index is 0.122. The Morgan fingerprint density at radius 2 is 2.20 bits per heavy atom. The van der Waals surface area contributed by atoms with Gasteiger partial charge in [-0.15, -0.1) is 6.58 Å². The van der Waals surface area contributed by atoms with E-state index in [0.29, 0.717) is 12.8 Å². The molecule has 0 aromatic rings. The van der Waals surface area contributed by atoms with Crippen LogP contribution in [0.1, 0.15) is 32.1 Å². The van der Waals surface area contributed by atoms with Crippen LogP contribution in [-0.2, 0) is 9.84 Å². The summed E-state index contributed by atoms with van der Waals surface area (Å²) in [5.41, 5.74) is 0. The number of sulfone groups is 1. The van der Waals surface area contributed by atoms with E-state index in [4.69, 9.17) is 0 Å². The highest BCUT2D eigenvalue weighted by atomic mass is 32.2. The fraction of sp³-hybridized carbons (Fsp3) is 0.818. The van der Waals surface area contributed by atoms with Crippen molar-refractivity contribution >= 4 is 9.84 Å². The van der Waals surface area contributed by atoms with E-state index in [-0.39, 0.29) is 11.2 Å². The first kappa shape index (κ1) is 12.7. The Morgan fingerprint density at radius 3 is 2.73 bits per heavy atom. The van der Waals surface area contributed by atoms with Crippen LogP contribution < -0.4 is 0 Å². The van der Waals surface area contributed by atoms with Crippen molar-refractivity contribution in [1.29, 1.82) is 0 Å². The predicted octanol–water partition coefficient (Wildman–Crippen LogP) is 1.53. The van der Waals surface area contributed by atoms with Crippen molar-refractivity contribution in [2.75, 3.05) is 6.26 Å². The lowest BCUT2D eigenvalue weighted by Crippen LogP contribution is -2.32. The Balaban J connectivity index is 2.60. The standard InChI is InChI=1S/C11H20O3S/c1-3-5-11(12)9-6-4-7-10(8-9)15(2,13)14/h3,9-12H,1,4-8H2,2H3. The molecule has 0 aromatic carbocycles. The largest absolute Gasteiger partial charge is 0.393 e. The highest BCUT2D eigenvalue weighted by Crippen LogP contribution is 2.31. The molecule has 3 nitrogen and oxygen atoms in total. The van der Waals surface area contributed by atoms with E-state index >= 15 is 0 Å². The topological polar surface area (TPSA) is 54.4 Å². The maximum atomic E-state index is 11.4. The molecule has 0 radical (unpaired) electrons. The third-order valence-electron chi connectivity index (χ3n) is 3.22. The summed E-state index contributed by atoms with van der Waals surface area (Å²) in [5, 5.41) is 9.54. The van der Waals surface area contributed by atoms with Crippen molar-refractivity contribution in [3.63, 3.8) is 0 Å². The van der Waals surface area contributed by atoms with E-state index in [1.807, 2.05) is 0 Å². The first-order valence-corrected chi connectivity index (χ1v) is 7.38.